The molecule has 254 valence electrons. The highest BCUT2D eigenvalue weighted by atomic mass is 35.5. The van der Waals surface area contributed by atoms with E-state index in [2.05, 4.69) is 10.2 Å². The third-order valence-electron chi connectivity index (χ3n) is 8.38. The predicted octanol–water partition coefficient (Wildman–Crippen LogP) is 6.14. The molecule has 0 bridgehead atoms. The molecule has 1 fully saturated rings. The highest BCUT2D eigenvalue weighted by Gasteiger charge is 2.30. The molecule has 5 rings (SSSR count). The summed E-state index contributed by atoms with van der Waals surface area (Å²) >= 11 is 14.2. The summed E-state index contributed by atoms with van der Waals surface area (Å²) < 4.78 is 17.7. The Morgan fingerprint density at radius 2 is 1.75 bits per heavy atom. The third-order valence-corrected chi connectivity index (χ3v) is 10.2. The Hall–Kier alpha value is -3.87. The fourth-order valence-corrected chi connectivity index (χ4v) is 7.64. The number of nitrogens with one attached hydrogen (secondary N) is 1. The first-order chi connectivity index (χ1) is 23.1. The first-order valence-corrected chi connectivity index (χ1v) is 17.0. The summed E-state index contributed by atoms with van der Waals surface area (Å²) in [5.41, 5.74) is 2.56. The Bertz CT molecular complexity index is 1730. The topological polar surface area (TPSA) is 121 Å². The van der Waals surface area contributed by atoms with Crippen LogP contribution < -0.4 is 19.5 Å². The van der Waals surface area contributed by atoms with Crippen LogP contribution in [0, 0.1) is 0 Å². The lowest BCUT2D eigenvalue weighted by atomic mass is 9.85. The number of likely N-dealkylation sites (N-methyl/N-ethyl adjacent to an activating group) is 1. The molecule has 2 aromatic carbocycles. The second-order valence-corrected chi connectivity index (χ2v) is 13.6. The van der Waals surface area contributed by atoms with Crippen LogP contribution in [0.4, 0.5) is 0 Å². The van der Waals surface area contributed by atoms with Crippen LogP contribution in [0.1, 0.15) is 61.6 Å². The number of benzene rings is 2. The highest BCUT2D eigenvalue weighted by Crippen LogP contribution is 2.41. The van der Waals surface area contributed by atoms with Gasteiger partial charge in [-0.3, -0.25) is 10.5 Å². The maximum Gasteiger partial charge on any atom is 0.346 e. The largest absolute Gasteiger partial charge is 0.493 e. The molecule has 3 N–H and O–H groups in total. The van der Waals surface area contributed by atoms with Crippen molar-refractivity contribution in [3.05, 3.63) is 109 Å². The summed E-state index contributed by atoms with van der Waals surface area (Å²) in [6.07, 6.45) is 4.42. The molecular weight excluding hydrogens is 677 g/mol. The van der Waals surface area contributed by atoms with Gasteiger partial charge in [0, 0.05) is 34.2 Å². The maximum atomic E-state index is 13.6. The van der Waals surface area contributed by atoms with E-state index in [1.165, 1.54) is 26.6 Å². The molecule has 10 nitrogen and oxygen atoms in total. The lowest BCUT2D eigenvalue weighted by molar-refractivity contribution is -0.904. The summed E-state index contributed by atoms with van der Waals surface area (Å²) in [4.78, 5) is 29.3. The van der Waals surface area contributed by atoms with Crippen molar-refractivity contribution in [1.29, 1.82) is 0 Å². The number of carbonyl (C=O) groups excluding carboxylic acids is 1. The van der Waals surface area contributed by atoms with E-state index in [-0.39, 0.29) is 40.0 Å². The number of carboxylic acid groups (broad SMARTS) is 1. The van der Waals surface area contributed by atoms with Crippen molar-refractivity contribution in [1.82, 2.24) is 10.2 Å². The standard InChI is InChI=1S/C35H37Cl2N3O7S/c1-39-13-7-10-23(18-39)47-35(43)32(21-8-5-4-6-9-21)38-17-24-15-26(33(48-24)34(41)42)25(16-27-28(36)19-40(44)20-29(27)37)22-11-12-30(45-2)31(14-22)46-3/h4-6,8-9,11-12,14-15,19-20,23,25,32,38H,7,10,13,16-18H2,1-3H3,(H-,41,42,44)/p+1/t23-,25+,32?/m1/s1. The second kappa shape index (κ2) is 16.0. The number of carboxylic acids is 1. The molecule has 13 heteroatoms. The van der Waals surface area contributed by atoms with Gasteiger partial charge in [-0.15, -0.1) is 11.3 Å². The van der Waals surface area contributed by atoms with Gasteiger partial charge in [-0.05, 0) is 67.7 Å². The minimum absolute atomic E-state index is 0.135. The van der Waals surface area contributed by atoms with Gasteiger partial charge in [0.05, 0.1) is 14.2 Å². The average molecular weight is 716 g/mol. The lowest BCUT2D eigenvalue weighted by Crippen LogP contribution is -2.40. The normalized spacial score (nSPS) is 16.2. The number of hydrogen-bond donors (Lipinski definition) is 3. The molecule has 1 saturated heterocycles. The van der Waals surface area contributed by atoms with Crippen LogP contribution in [-0.2, 0) is 22.5 Å². The van der Waals surface area contributed by atoms with E-state index in [9.17, 15) is 19.9 Å². The number of ether oxygens (including phenoxy) is 3. The summed E-state index contributed by atoms with van der Waals surface area (Å²) in [5, 5.41) is 24.1. The van der Waals surface area contributed by atoms with E-state index in [1.807, 2.05) is 49.5 Å². The molecule has 0 radical (unpaired) electrons. The SMILES string of the molecule is COc1ccc([C@H](Cc2c(Cl)c[n+](O)cc2Cl)c2cc(CNC(C(=O)O[C@@H]3CCCN(C)C3)c3ccccc3)sc2C(=O)O)cc1OC. The van der Waals surface area contributed by atoms with Crippen LogP contribution in [0.3, 0.4) is 0 Å². The van der Waals surface area contributed by atoms with Gasteiger partial charge in [-0.25, -0.2) is 9.59 Å². The van der Waals surface area contributed by atoms with Gasteiger partial charge in [0.25, 0.3) is 0 Å². The summed E-state index contributed by atoms with van der Waals surface area (Å²) in [6.45, 7) is 1.85. The number of halogens is 2. The van der Waals surface area contributed by atoms with E-state index in [4.69, 9.17) is 37.4 Å². The fraction of sp³-hybridized carbons (Fsp3) is 0.343. The molecule has 1 aliphatic heterocycles. The molecular formula is C35H38Cl2N3O7S+. The Balaban J connectivity index is 1.50. The number of aromatic nitrogens is 1. The summed E-state index contributed by atoms with van der Waals surface area (Å²) in [7, 11) is 5.08. The second-order valence-electron chi connectivity index (χ2n) is 11.7. The van der Waals surface area contributed by atoms with Crippen LogP contribution in [0.2, 0.25) is 10.0 Å². The number of rotatable bonds is 13. The van der Waals surface area contributed by atoms with E-state index in [0.717, 1.165) is 46.6 Å². The van der Waals surface area contributed by atoms with Gasteiger partial charge in [0.2, 0.25) is 12.4 Å². The molecule has 2 aromatic heterocycles. The molecule has 0 amide bonds. The summed E-state index contributed by atoms with van der Waals surface area (Å²) in [6, 6.07) is 15.8. The number of carbonyl (C=O) groups is 2. The molecule has 4 aromatic rings. The molecule has 48 heavy (non-hydrogen) atoms. The van der Waals surface area contributed by atoms with Crippen LogP contribution in [0.15, 0.2) is 67.0 Å². The predicted molar refractivity (Wildman–Crippen MR) is 183 cm³/mol. The minimum atomic E-state index is -1.09. The third kappa shape index (κ3) is 8.40. The first-order valence-electron chi connectivity index (χ1n) is 15.4. The zero-order chi connectivity index (χ0) is 34.4. The number of nitrogens with zero attached hydrogens (tertiary/aromatic N) is 2. The number of thiophene rings is 1. The minimum Gasteiger partial charge on any atom is -0.493 e. The van der Waals surface area contributed by atoms with Gasteiger partial charge >= 0.3 is 11.9 Å². The molecule has 1 aliphatic rings. The Morgan fingerprint density at radius 1 is 1.04 bits per heavy atom. The van der Waals surface area contributed by atoms with Crippen LogP contribution in [0.25, 0.3) is 0 Å². The number of aromatic carboxylic acids is 1. The van der Waals surface area contributed by atoms with Gasteiger partial charge in [0.15, 0.2) is 11.5 Å². The maximum absolute atomic E-state index is 13.6. The summed E-state index contributed by atoms with van der Waals surface area (Å²) in [5.74, 6) is -1.02. The average Bonchev–Trinajstić information content (AvgIpc) is 3.49. The highest BCUT2D eigenvalue weighted by molar-refractivity contribution is 7.14. The number of pyridine rings is 1. The molecule has 0 spiro atoms. The van der Waals surface area contributed by atoms with E-state index in [1.54, 1.807) is 12.1 Å². The van der Waals surface area contributed by atoms with Crippen molar-refractivity contribution in [3.8, 4) is 11.5 Å². The Morgan fingerprint density at radius 3 is 2.40 bits per heavy atom. The molecule has 3 heterocycles. The number of piperidine rings is 1. The van der Waals surface area contributed by atoms with Crippen LogP contribution in [-0.4, -0.2) is 67.6 Å². The van der Waals surface area contributed by atoms with Gasteiger partial charge < -0.3 is 24.2 Å². The van der Waals surface area contributed by atoms with Crippen molar-refractivity contribution in [3.63, 3.8) is 0 Å². The lowest BCUT2D eigenvalue weighted by Gasteiger charge is -2.30. The molecule has 0 aliphatic carbocycles. The zero-order valence-corrected chi connectivity index (χ0v) is 29.1. The van der Waals surface area contributed by atoms with Crippen molar-refractivity contribution in [2.45, 2.75) is 43.9 Å². The smallest absolute Gasteiger partial charge is 0.346 e. The number of esters is 1. The van der Waals surface area contributed by atoms with Gasteiger partial charge in [0.1, 0.15) is 27.1 Å². The zero-order valence-electron chi connectivity index (χ0n) is 26.8. The van der Waals surface area contributed by atoms with Gasteiger partial charge in [-0.2, -0.15) is 0 Å². The van der Waals surface area contributed by atoms with Gasteiger partial charge in [-0.1, -0.05) is 59.6 Å². The van der Waals surface area contributed by atoms with Crippen LogP contribution >= 0.6 is 34.5 Å². The Labute approximate surface area is 293 Å². The number of methoxy groups -OCH3 is 2. The Kier molecular flexibility index (Phi) is 11.8. The van der Waals surface area contributed by atoms with Crippen LogP contribution in [0.5, 0.6) is 11.5 Å². The fourth-order valence-electron chi connectivity index (χ4n) is 6.02. The van der Waals surface area contributed by atoms with E-state index < -0.39 is 17.9 Å². The van der Waals surface area contributed by atoms with Crippen molar-refractivity contribution >= 4 is 46.5 Å². The van der Waals surface area contributed by atoms with Crippen molar-refractivity contribution in [2.75, 3.05) is 34.4 Å². The first kappa shape index (κ1) is 35.4. The monoisotopic (exact) mass is 714 g/mol. The van der Waals surface area contributed by atoms with Crippen molar-refractivity contribution < 1.29 is 38.8 Å². The quantitative estimate of drug-likeness (QED) is 0.0852. The van der Waals surface area contributed by atoms with Crippen molar-refractivity contribution in [2.24, 2.45) is 0 Å². The number of likely N-dealkylation sites (tertiary alicyclic amines) is 1. The number of hydrogen-bond acceptors (Lipinski definition) is 9. The molecule has 3 atom stereocenters. The molecule has 1 unspecified atom stereocenters. The van der Waals surface area contributed by atoms with E-state index >= 15 is 0 Å². The van der Waals surface area contributed by atoms with E-state index in [0.29, 0.717) is 34.0 Å². The molecule has 0 saturated carbocycles.